The van der Waals surface area contributed by atoms with Crippen molar-refractivity contribution < 1.29 is 19.1 Å². The van der Waals surface area contributed by atoms with Crippen molar-refractivity contribution in [2.45, 2.75) is 13.8 Å². The molecule has 0 saturated heterocycles. The van der Waals surface area contributed by atoms with E-state index in [4.69, 9.17) is 9.47 Å². The molecule has 1 amide bonds. The Labute approximate surface area is 162 Å². The van der Waals surface area contributed by atoms with Gasteiger partial charge >= 0.3 is 5.97 Å². The van der Waals surface area contributed by atoms with Gasteiger partial charge in [0.15, 0.2) is 5.69 Å². The van der Waals surface area contributed by atoms with Crippen molar-refractivity contribution >= 4 is 17.7 Å². The van der Waals surface area contributed by atoms with Gasteiger partial charge in [-0.3, -0.25) is 9.48 Å². The highest BCUT2D eigenvalue weighted by atomic mass is 16.5. The second-order valence-corrected chi connectivity index (χ2v) is 5.99. The van der Waals surface area contributed by atoms with Crippen LogP contribution in [0.2, 0.25) is 0 Å². The Kier molecular flexibility index (Phi) is 5.69. The number of amides is 1. The van der Waals surface area contributed by atoms with Gasteiger partial charge in [0.25, 0.3) is 5.91 Å². The summed E-state index contributed by atoms with van der Waals surface area (Å²) in [7, 11) is 1.62. The van der Waals surface area contributed by atoms with Crippen LogP contribution in [0.5, 0.6) is 11.6 Å². The number of benzene rings is 1. The van der Waals surface area contributed by atoms with Crippen molar-refractivity contribution in [1.29, 1.82) is 0 Å². The molecule has 28 heavy (non-hydrogen) atoms. The molecular weight excluding hydrogens is 360 g/mol. The average Bonchev–Trinajstić information content (AvgIpc) is 3.03. The number of rotatable bonds is 6. The minimum Gasteiger partial charge on any atom is -0.461 e. The Balaban J connectivity index is 1.81. The molecule has 0 fully saturated rings. The number of carbonyl (C=O) groups is 2. The number of anilines is 1. The monoisotopic (exact) mass is 380 g/mol. The highest BCUT2D eigenvalue weighted by molar-refractivity contribution is 6.05. The standard InChI is InChI=1S/C20H20N4O4/c1-4-27-20(26)16-12-17(24(3)23-16)22-18(25)15-9-6-10-21-19(15)28-14-8-5-7-13(2)11-14/h5-12H,4H2,1-3H3,(H,22,25). The molecule has 1 N–H and O–H groups in total. The van der Waals surface area contributed by atoms with E-state index in [9.17, 15) is 9.59 Å². The Hall–Kier alpha value is -3.68. The zero-order valence-corrected chi connectivity index (χ0v) is 15.8. The average molecular weight is 380 g/mol. The molecular formula is C20H20N4O4. The second kappa shape index (κ2) is 8.34. The largest absolute Gasteiger partial charge is 0.461 e. The SMILES string of the molecule is CCOC(=O)c1cc(NC(=O)c2cccnc2Oc2cccc(C)c2)n(C)n1. The molecule has 144 valence electrons. The number of aryl methyl sites for hydroxylation is 2. The predicted molar refractivity (Wildman–Crippen MR) is 103 cm³/mol. The van der Waals surface area contributed by atoms with Crippen LogP contribution in [-0.4, -0.2) is 33.2 Å². The fourth-order valence-corrected chi connectivity index (χ4v) is 2.51. The maximum atomic E-state index is 12.8. The van der Waals surface area contributed by atoms with Gasteiger partial charge in [-0.05, 0) is 43.7 Å². The predicted octanol–water partition coefficient (Wildman–Crippen LogP) is 3.34. The minimum absolute atomic E-state index is 0.113. The molecule has 8 nitrogen and oxygen atoms in total. The fourth-order valence-electron chi connectivity index (χ4n) is 2.51. The van der Waals surface area contributed by atoms with E-state index in [2.05, 4.69) is 15.4 Å². The summed E-state index contributed by atoms with van der Waals surface area (Å²) in [6.07, 6.45) is 1.55. The molecule has 8 heteroatoms. The second-order valence-electron chi connectivity index (χ2n) is 5.99. The molecule has 0 radical (unpaired) electrons. The molecule has 0 atom stereocenters. The van der Waals surface area contributed by atoms with Crippen molar-refractivity contribution in [2.24, 2.45) is 7.05 Å². The van der Waals surface area contributed by atoms with Crippen molar-refractivity contribution in [3.8, 4) is 11.6 Å². The maximum Gasteiger partial charge on any atom is 0.358 e. The number of esters is 1. The van der Waals surface area contributed by atoms with Gasteiger partial charge < -0.3 is 14.8 Å². The maximum absolute atomic E-state index is 12.8. The molecule has 2 aromatic heterocycles. The quantitative estimate of drug-likeness (QED) is 0.659. The van der Waals surface area contributed by atoms with Crippen LogP contribution in [0.15, 0.2) is 48.7 Å². The lowest BCUT2D eigenvalue weighted by Crippen LogP contribution is -2.15. The Morgan fingerprint density at radius 2 is 2.00 bits per heavy atom. The molecule has 0 unspecified atom stereocenters. The van der Waals surface area contributed by atoms with E-state index in [0.717, 1.165) is 5.56 Å². The normalized spacial score (nSPS) is 10.4. The van der Waals surface area contributed by atoms with Gasteiger partial charge in [0.2, 0.25) is 5.88 Å². The molecule has 3 rings (SSSR count). The summed E-state index contributed by atoms with van der Waals surface area (Å²) in [6, 6.07) is 12.1. The highest BCUT2D eigenvalue weighted by Gasteiger charge is 2.19. The van der Waals surface area contributed by atoms with Crippen molar-refractivity contribution in [3.05, 3.63) is 65.5 Å². The van der Waals surface area contributed by atoms with Crippen LogP contribution in [-0.2, 0) is 11.8 Å². The Morgan fingerprint density at radius 3 is 2.75 bits per heavy atom. The molecule has 0 aliphatic carbocycles. The number of hydrogen-bond donors (Lipinski definition) is 1. The number of pyridine rings is 1. The summed E-state index contributed by atoms with van der Waals surface area (Å²) in [5.41, 5.74) is 1.39. The van der Waals surface area contributed by atoms with Crippen LogP contribution in [0.1, 0.15) is 33.3 Å². The first kappa shape index (κ1) is 19.1. The first-order valence-electron chi connectivity index (χ1n) is 8.70. The van der Waals surface area contributed by atoms with E-state index in [0.29, 0.717) is 11.6 Å². The van der Waals surface area contributed by atoms with E-state index in [1.165, 1.54) is 10.7 Å². The van der Waals surface area contributed by atoms with E-state index in [1.54, 1.807) is 38.4 Å². The highest BCUT2D eigenvalue weighted by Crippen LogP contribution is 2.24. The first-order chi connectivity index (χ1) is 13.5. The van der Waals surface area contributed by atoms with E-state index in [-0.39, 0.29) is 23.7 Å². The molecule has 0 spiro atoms. The van der Waals surface area contributed by atoms with E-state index in [1.807, 2.05) is 25.1 Å². The minimum atomic E-state index is -0.552. The molecule has 0 bridgehead atoms. The topological polar surface area (TPSA) is 95.3 Å². The molecule has 0 saturated carbocycles. The Morgan fingerprint density at radius 1 is 1.18 bits per heavy atom. The van der Waals surface area contributed by atoms with Gasteiger partial charge in [-0.2, -0.15) is 5.10 Å². The summed E-state index contributed by atoms with van der Waals surface area (Å²) in [5, 5.41) is 6.77. The van der Waals surface area contributed by atoms with Gasteiger partial charge in [-0.15, -0.1) is 0 Å². The van der Waals surface area contributed by atoms with E-state index >= 15 is 0 Å². The zero-order valence-electron chi connectivity index (χ0n) is 15.8. The number of aromatic nitrogens is 3. The third kappa shape index (κ3) is 4.35. The summed E-state index contributed by atoms with van der Waals surface area (Å²) in [5.74, 6) is 0.118. The van der Waals surface area contributed by atoms with Crippen LogP contribution >= 0.6 is 0 Å². The number of nitrogens with zero attached hydrogens (tertiary/aromatic N) is 3. The van der Waals surface area contributed by atoms with Gasteiger partial charge in [-0.25, -0.2) is 9.78 Å². The van der Waals surface area contributed by atoms with Gasteiger partial charge in [-0.1, -0.05) is 12.1 Å². The van der Waals surface area contributed by atoms with E-state index < -0.39 is 11.9 Å². The first-order valence-corrected chi connectivity index (χ1v) is 8.70. The fraction of sp³-hybridized carbons (Fsp3) is 0.200. The third-order valence-corrected chi connectivity index (χ3v) is 3.83. The molecule has 3 aromatic rings. The van der Waals surface area contributed by atoms with Gasteiger partial charge in [0, 0.05) is 19.3 Å². The molecule has 0 aliphatic rings. The zero-order chi connectivity index (χ0) is 20.1. The van der Waals surface area contributed by atoms with Crippen LogP contribution in [0, 0.1) is 6.92 Å². The van der Waals surface area contributed by atoms with Crippen LogP contribution < -0.4 is 10.1 Å². The smallest absolute Gasteiger partial charge is 0.358 e. The Bertz CT molecular complexity index is 1010. The summed E-state index contributed by atoms with van der Waals surface area (Å²) < 4.78 is 12.1. The van der Waals surface area contributed by atoms with Crippen molar-refractivity contribution in [2.75, 3.05) is 11.9 Å². The van der Waals surface area contributed by atoms with Crippen molar-refractivity contribution in [1.82, 2.24) is 14.8 Å². The summed E-state index contributed by atoms with van der Waals surface area (Å²) in [4.78, 5) is 28.7. The third-order valence-electron chi connectivity index (χ3n) is 3.83. The number of nitrogens with one attached hydrogen (secondary N) is 1. The summed E-state index contributed by atoms with van der Waals surface area (Å²) >= 11 is 0. The van der Waals surface area contributed by atoms with Crippen LogP contribution in [0.4, 0.5) is 5.82 Å². The number of carbonyl (C=O) groups excluding carboxylic acids is 2. The van der Waals surface area contributed by atoms with Gasteiger partial charge in [0.1, 0.15) is 17.1 Å². The molecule has 0 aliphatic heterocycles. The summed E-state index contributed by atoms with van der Waals surface area (Å²) in [6.45, 7) is 3.90. The lowest BCUT2D eigenvalue weighted by Gasteiger charge is -2.10. The molecule has 1 aromatic carbocycles. The lowest BCUT2D eigenvalue weighted by molar-refractivity contribution is 0.0518. The van der Waals surface area contributed by atoms with Crippen LogP contribution in [0.3, 0.4) is 0 Å². The van der Waals surface area contributed by atoms with Gasteiger partial charge in [0.05, 0.1) is 6.61 Å². The number of ether oxygens (including phenoxy) is 2. The van der Waals surface area contributed by atoms with Crippen LogP contribution in [0.25, 0.3) is 0 Å². The molecule has 2 heterocycles. The lowest BCUT2D eigenvalue weighted by atomic mass is 10.2. The van der Waals surface area contributed by atoms with Crippen molar-refractivity contribution in [3.63, 3.8) is 0 Å². The number of hydrogen-bond acceptors (Lipinski definition) is 6.